The monoisotopic (exact) mass is 208 g/mol. The van der Waals surface area contributed by atoms with Gasteiger partial charge in [0.05, 0.1) is 6.54 Å². The van der Waals surface area contributed by atoms with Gasteiger partial charge in [0, 0.05) is 12.1 Å². The summed E-state index contributed by atoms with van der Waals surface area (Å²) in [7, 11) is 0. The molecule has 1 aromatic heterocycles. The third-order valence-electron chi connectivity index (χ3n) is 3.10. The van der Waals surface area contributed by atoms with Gasteiger partial charge < -0.3 is 15.5 Å². The maximum Gasteiger partial charge on any atom is 0.190 e. The van der Waals surface area contributed by atoms with Crippen LogP contribution in [0.2, 0.25) is 0 Å². The van der Waals surface area contributed by atoms with Crippen LogP contribution >= 0.6 is 0 Å². The molecule has 0 bridgehead atoms. The molecule has 0 aromatic carbocycles. The molecule has 1 aromatic rings. The lowest BCUT2D eigenvalue weighted by molar-refractivity contribution is 0.421. The number of furan rings is 1. The number of hydrogen-bond acceptors (Lipinski definition) is 3. The summed E-state index contributed by atoms with van der Waals surface area (Å²) in [4.78, 5) is 0. The van der Waals surface area contributed by atoms with Crippen molar-refractivity contribution >= 4 is 5.88 Å². The summed E-state index contributed by atoms with van der Waals surface area (Å²) in [5, 5.41) is 3.54. The Kier molecular flexibility index (Phi) is 3.67. The zero-order valence-corrected chi connectivity index (χ0v) is 9.17. The van der Waals surface area contributed by atoms with Crippen molar-refractivity contribution in [3.05, 3.63) is 17.9 Å². The molecule has 84 valence electrons. The molecule has 3 nitrogen and oxygen atoms in total. The van der Waals surface area contributed by atoms with E-state index in [9.17, 15) is 0 Å². The van der Waals surface area contributed by atoms with Crippen LogP contribution in [0.5, 0.6) is 0 Å². The van der Waals surface area contributed by atoms with E-state index in [1.807, 2.05) is 12.1 Å². The Morgan fingerprint density at radius 2 is 1.93 bits per heavy atom. The van der Waals surface area contributed by atoms with Crippen molar-refractivity contribution in [2.75, 3.05) is 5.73 Å². The summed E-state index contributed by atoms with van der Waals surface area (Å²) in [6.07, 6.45) is 8.11. The molecule has 0 radical (unpaired) electrons. The highest BCUT2D eigenvalue weighted by Gasteiger charge is 2.11. The fourth-order valence-electron chi connectivity index (χ4n) is 2.22. The molecule has 0 amide bonds. The van der Waals surface area contributed by atoms with Crippen LogP contribution in [0.15, 0.2) is 16.5 Å². The number of nitrogens with one attached hydrogen (secondary N) is 1. The standard InChI is InChI=1S/C12H20N2O/c13-12-8-7-11(15-12)9-14-10-5-3-1-2-4-6-10/h7-8,10,14H,1-6,9,13H2. The quantitative estimate of drug-likeness (QED) is 0.751. The molecule has 1 aliphatic carbocycles. The topological polar surface area (TPSA) is 51.2 Å². The number of rotatable bonds is 3. The van der Waals surface area contributed by atoms with Gasteiger partial charge in [-0.2, -0.15) is 0 Å². The minimum Gasteiger partial charge on any atom is -0.445 e. The van der Waals surface area contributed by atoms with Crippen molar-refractivity contribution in [3.63, 3.8) is 0 Å². The van der Waals surface area contributed by atoms with E-state index in [-0.39, 0.29) is 0 Å². The van der Waals surface area contributed by atoms with Crippen LogP contribution in [-0.2, 0) is 6.54 Å². The van der Waals surface area contributed by atoms with Crippen LogP contribution < -0.4 is 11.1 Å². The van der Waals surface area contributed by atoms with Gasteiger partial charge in [0.2, 0.25) is 0 Å². The van der Waals surface area contributed by atoms with Crippen LogP contribution in [0, 0.1) is 0 Å². The normalized spacial score (nSPS) is 18.9. The summed E-state index contributed by atoms with van der Waals surface area (Å²) >= 11 is 0. The number of hydrogen-bond donors (Lipinski definition) is 2. The highest BCUT2D eigenvalue weighted by atomic mass is 16.4. The molecule has 0 unspecified atom stereocenters. The summed E-state index contributed by atoms with van der Waals surface area (Å²) in [6.45, 7) is 0.807. The first-order valence-electron chi connectivity index (χ1n) is 5.92. The average molecular weight is 208 g/mol. The third kappa shape index (κ3) is 3.27. The molecule has 0 aliphatic heterocycles. The van der Waals surface area contributed by atoms with Crippen LogP contribution in [0.3, 0.4) is 0 Å². The van der Waals surface area contributed by atoms with Crippen LogP contribution in [0.1, 0.15) is 44.3 Å². The van der Waals surface area contributed by atoms with E-state index in [0.29, 0.717) is 11.9 Å². The summed E-state index contributed by atoms with van der Waals surface area (Å²) in [6, 6.07) is 4.42. The van der Waals surface area contributed by atoms with E-state index in [2.05, 4.69) is 5.32 Å². The molecule has 0 saturated heterocycles. The molecule has 0 spiro atoms. The summed E-state index contributed by atoms with van der Waals surface area (Å²) in [5.74, 6) is 1.45. The molecule has 3 heteroatoms. The van der Waals surface area contributed by atoms with Crippen molar-refractivity contribution in [3.8, 4) is 0 Å². The largest absolute Gasteiger partial charge is 0.445 e. The van der Waals surface area contributed by atoms with E-state index < -0.39 is 0 Å². The van der Waals surface area contributed by atoms with Gasteiger partial charge in [-0.1, -0.05) is 25.7 Å². The minimum atomic E-state index is 0.507. The lowest BCUT2D eigenvalue weighted by atomic mass is 10.1. The van der Waals surface area contributed by atoms with Gasteiger partial charge >= 0.3 is 0 Å². The molecule has 3 N–H and O–H groups in total. The zero-order chi connectivity index (χ0) is 10.5. The van der Waals surface area contributed by atoms with Crippen molar-refractivity contribution in [2.45, 2.75) is 51.1 Å². The number of anilines is 1. The van der Waals surface area contributed by atoms with Crippen molar-refractivity contribution in [2.24, 2.45) is 0 Å². The van der Waals surface area contributed by atoms with Crippen LogP contribution in [-0.4, -0.2) is 6.04 Å². The van der Waals surface area contributed by atoms with E-state index in [4.69, 9.17) is 10.2 Å². The maximum absolute atomic E-state index is 5.52. The third-order valence-corrected chi connectivity index (χ3v) is 3.10. The molecular formula is C12H20N2O. The van der Waals surface area contributed by atoms with Gasteiger partial charge in [0.15, 0.2) is 5.88 Å². The zero-order valence-electron chi connectivity index (χ0n) is 9.17. The van der Waals surface area contributed by atoms with E-state index >= 15 is 0 Å². The maximum atomic E-state index is 5.52. The SMILES string of the molecule is Nc1ccc(CNC2CCCCCC2)o1. The van der Waals surface area contributed by atoms with Crippen molar-refractivity contribution in [1.82, 2.24) is 5.32 Å². The van der Waals surface area contributed by atoms with Gasteiger partial charge in [-0.25, -0.2) is 0 Å². The molecule has 1 heterocycles. The molecule has 15 heavy (non-hydrogen) atoms. The smallest absolute Gasteiger partial charge is 0.190 e. The molecular weight excluding hydrogens is 188 g/mol. The number of nitrogens with two attached hydrogens (primary N) is 1. The lowest BCUT2D eigenvalue weighted by Crippen LogP contribution is -2.27. The highest BCUT2D eigenvalue weighted by Crippen LogP contribution is 2.18. The van der Waals surface area contributed by atoms with E-state index in [0.717, 1.165) is 12.3 Å². The van der Waals surface area contributed by atoms with Gasteiger partial charge in [-0.15, -0.1) is 0 Å². The average Bonchev–Trinajstić information content (AvgIpc) is 2.52. The summed E-state index contributed by atoms with van der Waals surface area (Å²) in [5.41, 5.74) is 5.52. The Balaban J connectivity index is 1.76. The predicted molar refractivity (Wildman–Crippen MR) is 61.5 cm³/mol. The van der Waals surface area contributed by atoms with Gasteiger partial charge in [-0.05, 0) is 18.9 Å². The fraction of sp³-hybridized carbons (Fsp3) is 0.667. The number of nitrogen functional groups attached to an aromatic ring is 1. The first-order chi connectivity index (χ1) is 7.34. The Hall–Kier alpha value is -0.960. The first kappa shape index (κ1) is 10.6. The molecule has 0 atom stereocenters. The van der Waals surface area contributed by atoms with Gasteiger partial charge in [0.25, 0.3) is 0 Å². The minimum absolute atomic E-state index is 0.507. The van der Waals surface area contributed by atoms with Crippen molar-refractivity contribution in [1.29, 1.82) is 0 Å². The Morgan fingerprint density at radius 3 is 2.53 bits per heavy atom. The molecule has 1 saturated carbocycles. The molecule has 2 rings (SSSR count). The van der Waals surface area contributed by atoms with Gasteiger partial charge in [0.1, 0.15) is 5.76 Å². The van der Waals surface area contributed by atoms with Crippen LogP contribution in [0.25, 0.3) is 0 Å². The Bertz CT molecular complexity index is 288. The molecule has 1 fully saturated rings. The van der Waals surface area contributed by atoms with Crippen molar-refractivity contribution < 1.29 is 4.42 Å². The first-order valence-corrected chi connectivity index (χ1v) is 5.92. The highest BCUT2D eigenvalue weighted by molar-refractivity contribution is 5.25. The Morgan fingerprint density at radius 1 is 1.20 bits per heavy atom. The fourth-order valence-corrected chi connectivity index (χ4v) is 2.22. The van der Waals surface area contributed by atoms with Crippen LogP contribution in [0.4, 0.5) is 5.88 Å². The second-order valence-electron chi connectivity index (χ2n) is 4.37. The second kappa shape index (κ2) is 5.21. The molecule has 1 aliphatic rings. The Labute approximate surface area is 91.0 Å². The second-order valence-corrected chi connectivity index (χ2v) is 4.37. The van der Waals surface area contributed by atoms with E-state index in [1.165, 1.54) is 38.5 Å². The predicted octanol–water partition coefficient (Wildman–Crippen LogP) is 2.67. The van der Waals surface area contributed by atoms with Gasteiger partial charge in [-0.3, -0.25) is 0 Å². The lowest BCUT2D eigenvalue weighted by Gasteiger charge is -2.14. The summed E-state index contributed by atoms with van der Waals surface area (Å²) < 4.78 is 5.32. The van der Waals surface area contributed by atoms with E-state index in [1.54, 1.807) is 0 Å².